The predicted molar refractivity (Wildman–Crippen MR) is 129 cm³/mol. The minimum atomic E-state index is -1.15. The largest absolute Gasteiger partial charge is 0.481 e. The van der Waals surface area contributed by atoms with E-state index in [1.807, 2.05) is 30.3 Å². The molecule has 8 nitrogen and oxygen atoms in total. The zero-order valence-electron chi connectivity index (χ0n) is 19.1. The molecule has 0 fully saturated rings. The number of carboxylic acids is 1. The molecule has 2 aromatic rings. The molecule has 10 heteroatoms. The lowest BCUT2D eigenvalue weighted by atomic mass is 10.0. The topological polar surface area (TPSA) is 114 Å². The molecule has 0 bridgehead atoms. The third-order valence-corrected chi connectivity index (χ3v) is 4.82. The Hall–Kier alpha value is -2.81. The molecule has 0 saturated carbocycles. The number of ether oxygens (including phenoxy) is 2. The summed E-state index contributed by atoms with van der Waals surface area (Å²) in [5, 5.41) is 15.1. The molecule has 2 aromatic carbocycles. The maximum Gasteiger partial charge on any atom is 0.408 e. The summed E-state index contributed by atoms with van der Waals surface area (Å²) in [7, 11) is 0. The van der Waals surface area contributed by atoms with Crippen molar-refractivity contribution in [3.8, 4) is 0 Å². The maximum atomic E-state index is 13.1. The van der Waals surface area contributed by atoms with E-state index in [1.165, 1.54) is 18.2 Å². The number of nitrogens with one attached hydrogen (secondary N) is 2. The van der Waals surface area contributed by atoms with Crippen molar-refractivity contribution in [1.29, 1.82) is 0 Å². The molecule has 0 heterocycles. The maximum absolute atomic E-state index is 13.1. The Morgan fingerprint density at radius 1 is 1.00 bits per heavy atom. The van der Waals surface area contributed by atoms with Crippen LogP contribution in [0.15, 0.2) is 48.5 Å². The van der Waals surface area contributed by atoms with Crippen molar-refractivity contribution in [2.75, 3.05) is 6.61 Å². The van der Waals surface area contributed by atoms with Crippen LogP contribution >= 0.6 is 23.2 Å². The van der Waals surface area contributed by atoms with E-state index in [4.69, 9.17) is 32.7 Å². The lowest BCUT2D eigenvalue weighted by Crippen LogP contribution is -2.51. The van der Waals surface area contributed by atoms with Crippen LogP contribution in [0.4, 0.5) is 4.79 Å². The van der Waals surface area contributed by atoms with Gasteiger partial charge in [0.15, 0.2) is 0 Å². The van der Waals surface area contributed by atoms with E-state index in [0.717, 1.165) is 5.56 Å². The molecule has 0 aliphatic carbocycles. The molecule has 1 unspecified atom stereocenters. The van der Waals surface area contributed by atoms with E-state index in [9.17, 15) is 19.5 Å². The zero-order valence-corrected chi connectivity index (χ0v) is 20.7. The van der Waals surface area contributed by atoms with Crippen LogP contribution in [0.1, 0.15) is 44.4 Å². The second kappa shape index (κ2) is 12.6. The number of benzene rings is 2. The fraction of sp³-hybridized carbons (Fsp3) is 0.375. The van der Waals surface area contributed by atoms with Crippen LogP contribution < -0.4 is 10.6 Å². The van der Waals surface area contributed by atoms with Crippen LogP contribution in [0.3, 0.4) is 0 Å². The second-order valence-electron chi connectivity index (χ2n) is 8.56. The number of aliphatic carboxylic acids is 1. The van der Waals surface area contributed by atoms with Gasteiger partial charge in [-0.1, -0.05) is 53.5 Å². The molecule has 0 aromatic heterocycles. The van der Waals surface area contributed by atoms with Crippen LogP contribution in [0, 0.1) is 0 Å². The molecular weight excluding hydrogens is 483 g/mol. The van der Waals surface area contributed by atoms with Crippen molar-refractivity contribution in [3.05, 3.63) is 69.7 Å². The molecule has 2 atom stereocenters. The molecule has 0 saturated heterocycles. The van der Waals surface area contributed by atoms with Crippen LogP contribution in [0.5, 0.6) is 0 Å². The summed E-state index contributed by atoms with van der Waals surface area (Å²) >= 11 is 12.1. The Balaban J connectivity index is 2.18. The number of carbonyl (C=O) groups excluding carboxylic acids is 2. The van der Waals surface area contributed by atoms with Gasteiger partial charge < -0.3 is 25.2 Å². The highest BCUT2D eigenvalue weighted by atomic mass is 35.5. The van der Waals surface area contributed by atoms with Gasteiger partial charge in [-0.3, -0.25) is 9.59 Å². The van der Waals surface area contributed by atoms with Crippen LogP contribution in [-0.2, 0) is 25.7 Å². The fourth-order valence-corrected chi connectivity index (χ4v) is 3.52. The van der Waals surface area contributed by atoms with Crippen LogP contribution in [-0.4, -0.2) is 41.3 Å². The Morgan fingerprint density at radius 3 is 2.18 bits per heavy atom. The van der Waals surface area contributed by atoms with E-state index in [0.29, 0.717) is 15.6 Å². The second-order valence-corrected chi connectivity index (χ2v) is 9.43. The Bertz CT molecular complexity index is 974. The van der Waals surface area contributed by atoms with Crippen molar-refractivity contribution in [2.45, 2.75) is 51.5 Å². The van der Waals surface area contributed by atoms with Gasteiger partial charge in [0.05, 0.1) is 25.7 Å². The summed E-state index contributed by atoms with van der Waals surface area (Å²) < 4.78 is 10.9. The first kappa shape index (κ1) is 27.4. The zero-order chi connectivity index (χ0) is 25.3. The third kappa shape index (κ3) is 9.99. The fourth-order valence-electron chi connectivity index (χ4n) is 2.98. The smallest absolute Gasteiger partial charge is 0.408 e. The Morgan fingerprint density at radius 2 is 1.62 bits per heavy atom. The number of hydrogen-bond donors (Lipinski definition) is 3. The highest BCUT2D eigenvalue weighted by molar-refractivity contribution is 6.34. The predicted octanol–water partition coefficient (Wildman–Crippen LogP) is 4.74. The Kier molecular flexibility index (Phi) is 10.2. The summed E-state index contributed by atoms with van der Waals surface area (Å²) in [6.07, 6.45) is -1.23. The number of hydrogen-bond acceptors (Lipinski definition) is 5. The number of alkyl carbamates (subject to hydrolysis) is 1. The van der Waals surface area contributed by atoms with Gasteiger partial charge >= 0.3 is 12.1 Å². The lowest BCUT2D eigenvalue weighted by Gasteiger charge is -2.25. The molecule has 0 aliphatic heterocycles. The first-order valence-electron chi connectivity index (χ1n) is 10.5. The quantitative estimate of drug-likeness (QED) is 0.425. The highest BCUT2D eigenvalue weighted by Crippen LogP contribution is 2.25. The van der Waals surface area contributed by atoms with Crippen molar-refractivity contribution >= 4 is 41.2 Å². The monoisotopic (exact) mass is 510 g/mol. The van der Waals surface area contributed by atoms with Crippen LogP contribution in [0.2, 0.25) is 10.0 Å². The van der Waals surface area contributed by atoms with Gasteiger partial charge in [0, 0.05) is 10.0 Å². The standard InChI is InChI=1S/C24H28Cl2N2O6/c1-24(2,3)34-23(32)28-20(14-33-13-15-7-5-4-6-8-15)22(31)27-19(12-21(29)30)16-9-17(25)11-18(26)10-16/h4-11,19-20H,12-14H2,1-3H3,(H,27,31)(H,28,32)(H,29,30)/t19?,20-/m0/s1. The summed E-state index contributed by atoms with van der Waals surface area (Å²) in [6, 6.07) is 11.7. The Labute approximate surface area is 208 Å². The molecule has 184 valence electrons. The van der Waals surface area contributed by atoms with E-state index in [-0.39, 0.29) is 13.2 Å². The van der Waals surface area contributed by atoms with Gasteiger partial charge in [-0.2, -0.15) is 0 Å². The SMILES string of the molecule is CC(C)(C)OC(=O)N[C@@H](COCc1ccccc1)C(=O)NC(CC(=O)O)c1cc(Cl)cc(Cl)c1. The highest BCUT2D eigenvalue weighted by Gasteiger charge is 2.28. The molecule has 2 rings (SSSR count). The van der Waals surface area contributed by atoms with Gasteiger partial charge in [0.2, 0.25) is 5.91 Å². The number of rotatable bonds is 10. The van der Waals surface area contributed by atoms with Gasteiger partial charge in [-0.05, 0) is 50.1 Å². The number of amides is 2. The molecule has 0 aliphatic rings. The minimum absolute atomic E-state index is 0.171. The summed E-state index contributed by atoms with van der Waals surface area (Å²) in [4.78, 5) is 36.9. The summed E-state index contributed by atoms with van der Waals surface area (Å²) in [5.41, 5.74) is 0.519. The first-order valence-corrected chi connectivity index (χ1v) is 11.3. The number of carboxylic acid groups (broad SMARTS) is 1. The van der Waals surface area contributed by atoms with E-state index >= 15 is 0 Å². The van der Waals surface area contributed by atoms with Gasteiger partial charge in [-0.15, -0.1) is 0 Å². The third-order valence-electron chi connectivity index (χ3n) is 4.39. The summed E-state index contributed by atoms with van der Waals surface area (Å²) in [6.45, 7) is 5.12. The van der Waals surface area contributed by atoms with Gasteiger partial charge in [0.25, 0.3) is 0 Å². The number of carbonyl (C=O) groups is 3. The average Bonchev–Trinajstić information content (AvgIpc) is 2.71. The van der Waals surface area contributed by atoms with Gasteiger partial charge in [0.1, 0.15) is 11.6 Å². The minimum Gasteiger partial charge on any atom is -0.481 e. The van der Waals surface area contributed by atoms with Crippen molar-refractivity contribution in [2.24, 2.45) is 0 Å². The first-order chi connectivity index (χ1) is 15.9. The van der Waals surface area contributed by atoms with E-state index in [2.05, 4.69) is 10.6 Å². The number of halogens is 2. The molecule has 0 spiro atoms. The van der Waals surface area contributed by atoms with Crippen molar-refractivity contribution < 1.29 is 29.0 Å². The molecule has 34 heavy (non-hydrogen) atoms. The van der Waals surface area contributed by atoms with E-state index in [1.54, 1.807) is 20.8 Å². The van der Waals surface area contributed by atoms with Crippen molar-refractivity contribution in [1.82, 2.24) is 10.6 Å². The van der Waals surface area contributed by atoms with Gasteiger partial charge in [-0.25, -0.2) is 4.79 Å². The molecule has 3 N–H and O–H groups in total. The average molecular weight is 511 g/mol. The van der Waals surface area contributed by atoms with E-state index < -0.39 is 42.1 Å². The lowest BCUT2D eigenvalue weighted by molar-refractivity contribution is -0.138. The normalized spacial score (nSPS) is 13.0. The molecule has 0 radical (unpaired) electrons. The van der Waals surface area contributed by atoms with Crippen LogP contribution in [0.25, 0.3) is 0 Å². The molecular formula is C24H28Cl2N2O6. The molecule has 2 amide bonds. The van der Waals surface area contributed by atoms with Crippen molar-refractivity contribution in [3.63, 3.8) is 0 Å². The summed E-state index contributed by atoms with van der Waals surface area (Å²) in [5.74, 6) is -1.79.